The lowest BCUT2D eigenvalue weighted by Crippen LogP contribution is -2.50. The van der Waals surface area contributed by atoms with Gasteiger partial charge in [-0.25, -0.2) is 13.2 Å². The lowest BCUT2D eigenvalue weighted by molar-refractivity contribution is 0.0505. The molecule has 31 heavy (non-hydrogen) atoms. The van der Waals surface area contributed by atoms with Gasteiger partial charge in [-0.05, 0) is 30.5 Å². The van der Waals surface area contributed by atoms with Crippen LogP contribution >= 0.6 is 0 Å². The molecule has 1 aliphatic rings. The first-order valence-corrected chi connectivity index (χ1v) is 12.3. The van der Waals surface area contributed by atoms with Crippen molar-refractivity contribution in [2.75, 3.05) is 25.4 Å². The molecule has 7 nitrogen and oxygen atoms in total. The Morgan fingerprint density at radius 3 is 2.42 bits per heavy atom. The molecule has 3 N–H and O–H groups in total. The Labute approximate surface area is 184 Å². The molecule has 2 atom stereocenters. The smallest absolute Gasteiger partial charge is 0.315 e. The van der Waals surface area contributed by atoms with Gasteiger partial charge in [0.25, 0.3) is 0 Å². The third-order valence-corrected chi connectivity index (χ3v) is 7.42. The van der Waals surface area contributed by atoms with Gasteiger partial charge in [-0.15, -0.1) is 0 Å². The molecule has 1 saturated heterocycles. The predicted octanol–water partition coefficient (Wildman–Crippen LogP) is 2.18. The number of nitrogens with zero attached hydrogens (tertiary/aromatic N) is 1. The summed E-state index contributed by atoms with van der Waals surface area (Å²) in [5.41, 5.74) is 0.187. The zero-order valence-corrected chi connectivity index (χ0v) is 18.6. The molecule has 2 aromatic carbocycles. The van der Waals surface area contributed by atoms with Crippen LogP contribution in [0.25, 0.3) is 0 Å². The van der Waals surface area contributed by atoms with Crippen molar-refractivity contribution in [1.29, 1.82) is 0 Å². The summed E-state index contributed by atoms with van der Waals surface area (Å²) in [5, 5.41) is 16.3. The number of nitrogens with one attached hydrogen (secondary N) is 2. The minimum absolute atomic E-state index is 0.117. The number of β-amino-alcohol motifs (C(OH)–C–C–N with tert-alkyl or cyclic N) is 1. The molecule has 2 aromatic rings. The molecule has 0 bridgehead atoms. The number of carbonyl (C=O) groups excluding carboxylic acids is 1. The van der Waals surface area contributed by atoms with Gasteiger partial charge in [-0.2, -0.15) is 0 Å². The monoisotopic (exact) mass is 445 g/mol. The maximum absolute atomic E-state index is 12.6. The molecular weight excluding hydrogens is 414 g/mol. The maximum Gasteiger partial charge on any atom is 0.315 e. The van der Waals surface area contributed by atoms with Crippen LogP contribution in [0.4, 0.5) is 4.79 Å². The van der Waals surface area contributed by atoms with Crippen LogP contribution in [0.2, 0.25) is 0 Å². The van der Waals surface area contributed by atoms with E-state index in [9.17, 15) is 18.3 Å². The fraction of sp³-hybridized carbons (Fsp3) is 0.435. The first kappa shape index (κ1) is 23.2. The van der Waals surface area contributed by atoms with Crippen LogP contribution in [0.3, 0.4) is 0 Å². The van der Waals surface area contributed by atoms with Gasteiger partial charge >= 0.3 is 6.03 Å². The molecular formula is C23H31N3O4S. The molecule has 0 radical (unpaired) electrons. The van der Waals surface area contributed by atoms with E-state index >= 15 is 0 Å². The highest BCUT2D eigenvalue weighted by Crippen LogP contribution is 2.22. The standard InChI is InChI=1S/C23H31N3O4S/c1-2-20(16-31(29,30)21-11-7-4-8-12-21)25-22(27)24-17-23(28)13-14-26(18-23)15-19-9-5-3-6-10-19/h3-12,20,28H,2,13-18H2,1H3,(H2,24,25,27). The maximum atomic E-state index is 12.6. The number of hydrogen-bond donors (Lipinski definition) is 3. The van der Waals surface area contributed by atoms with E-state index in [2.05, 4.69) is 27.7 Å². The molecule has 1 heterocycles. The quantitative estimate of drug-likeness (QED) is 0.550. The lowest BCUT2D eigenvalue weighted by atomic mass is 10.0. The topological polar surface area (TPSA) is 98.7 Å². The largest absolute Gasteiger partial charge is 0.387 e. The number of sulfone groups is 1. The first-order chi connectivity index (χ1) is 14.8. The van der Waals surface area contributed by atoms with Crippen LogP contribution in [-0.4, -0.2) is 61.5 Å². The minimum atomic E-state index is -3.50. The normalized spacial score (nSPS) is 20.3. The molecule has 3 rings (SSSR count). The summed E-state index contributed by atoms with van der Waals surface area (Å²) in [6.45, 7) is 3.93. The molecule has 2 unspecified atom stereocenters. The highest BCUT2D eigenvalue weighted by Gasteiger charge is 2.36. The molecule has 8 heteroatoms. The minimum Gasteiger partial charge on any atom is -0.387 e. The fourth-order valence-corrected chi connectivity index (χ4v) is 5.41. The molecule has 2 amide bonds. The van der Waals surface area contributed by atoms with Crippen LogP contribution in [0.1, 0.15) is 25.3 Å². The van der Waals surface area contributed by atoms with E-state index in [0.29, 0.717) is 19.4 Å². The van der Waals surface area contributed by atoms with Crippen LogP contribution in [0.5, 0.6) is 0 Å². The highest BCUT2D eigenvalue weighted by molar-refractivity contribution is 7.91. The Balaban J connectivity index is 1.47. The summed E-state index contributed by atoms with van der Waals surface area (Å²) in [4.78, 5) is 14.8. The number of aliphatic hydroxyl groups is 1. The van der Waals surface area contributed by atoms with E-state index in [1.165, 1.54) is 5.56 Å². The molecule has 1 aliphatic heterocycles. The van der Waals surface area contributed by atoms with E-state index in [4.69, 9.17) is 0 Å². The second kappa shape index (κ2) is 10.3. The highest BCUT2D eigenvalue weighted by atomic mass is 32.2. The Bertz CT molecular complexity index is 953. The van der Waals surface area contributed by atoms with Gasteiger partial charge in [-0.1, -0.05) is 55.5 Å². The average molecular weight is 446 g/mol. The molecule has 0 saturated carbocycles. The van der Waals surface area contributed by atoms with Crippen molar-refractivity contribution in [2.24, 2.45) is 0 Å². The summed E-state index contributed by atoms with van der Waals surface area (Å²) in [6.07, 6.45) is 1.05. The van der Waals surface area contributed by atoms with Gasteiger partial charge in [-0.3, -0.25) is 4.90 Å². The lowest BCUT2D eigenvalue weighted by Gasteiger charge is -2.25. The Kier molecular flexibility index (Phi) is 7.69. The number of rotatable bonds is 9. The summed E-state index contributed by atoms with van der Waals surface area (Å²) < 4.78 is 25.1. The Morgan fingerprint density at radius 1 is 1.13 bits per heavy atom. The van der Waals surface area contributed by atoms with Crippen molar-refractivity contribution in [3.05, 3.63) is 66.2 Å². The summed E-state index contributed by atoms with van der Waals surface area (Å²) >= 11 is 0. The second-order valence-corrected chi connectivity index (χ2v) is 10.2. The third kappa shape index (κ3) is 6.78. The van der Waals surface area contributed by atoms with Crippen molar-refractivity contribution >= 4 is 15.9 Å². The van der Waals surface area contributed by atoms with E-state index in [-0.39, 0.29) is 17.2 Å². The van der Waals surface area contributed by atoms with Gasteiger partial charge < -0.3 is 15.7 Å². The van der Waals surface area contributed by atoms with Crippen LogP contribution in [-0.2, 0) is 16.4 Å². The van der Waals surface area contributed by atoms with Crippen LogP contribution in [0, 0.1) is 0 Å². The zero-order valence-electron chi connectivity index (χ0n) is 17.8. The molecule has 0 aliphatic carbocycles. The summed E-state index contributed by atoms with van der Waals surface area (Å²) in [7, 11) is -3.50. The van der Waals surface area contributed by atoms with Crippen molar-refractivity contribution in [3.8, 4) is 0 Å². The summed E-state index contributed by atoms with van der Waals surface area (Å²) in [6, 6.07) is 17.3. The number of amides is 2. The van der Waals surface area contributed by atoms with Gasteiger partial charge in [0, 0.05) is 32.2 Å². The van der Waals surface area contributed by atoms with E-state index in [1.54, 1.807) is 30.3 Å². The summed E-state index contributed by atoms with van der Waals surface area (Å²) in [5.74, 6) is -0.171. The van der Waals surface area contributed by atoms with Gasteiger partial charge in [0.15, 0.2) is 9.84 Å². The second-order valence-electron chi connectivity index (χ2n) is 8.20. The van der Waals surface area contributed by atoms with Crippen molar-refractivity contribution in [2.45, 2.75) is 42.8 Å². The molecule has 168 valence electrons. The molecule has 1 fully saturated rings. The average Bonchev–Trinajstić information content (AvgIpc) is 3.14. The number of benzene rings is 2. The molecule has 0 spiro atoms. The SMILES string of the molecule is CCC(CS(=O)(=O)c1ccccc1)NC(=O)NCC1(O)CCN(Cc2ccccc2)C1. The Morgan fingerprint density at radius 2 is 1.77 bits per heavy atom. The molecule has 0 aromatic heterocycles. The Hall–Kier alpha value is -2.42. The number of carbonyl (C=O) groups is 1. The van der Waals surface area contributed by atoms with Crippen LogP contribution < -0.4 is 10.6 Å². The van der Waals surface area contributed by atoms with E-state index < -0.39 is 27.5 Å². The van der Waals surface area contributed by atoms with Crippen molar-refractivity contribution < 1.29 is 18.3 Å². The number of likely N-dealkylation sites (tertiary alicyclic amines) is 1. The van der Waals surface area contributed by atoms with Gasteiger partial charge in [0.05, 0.1) is 16.2 Å². The van der Waals surface area contributed by atoms with Gasteiger partial charge in [0.1, 0.15) is 0 Å². The third-order valence-electron chi connectivity index (χ3n) is 5.59. The van der Waals surface area contributed by atoms with E-state index in [1.807, 2.05) is 25.1 Å². The van der Waals surface area contributed by atoms with Crippen molar-refractivity contribution in [1.82, 2.24) is 15.5 Å². The fourth-order valence-electron chi connectivity index (χ4n) is 3.79. The van der Waals surface area contributed by atoms with Crippen LogP contribution in [0.15, 0.2) is 65.6 Å². The number of urea groups is 1. The van der Waals surface area contributed by atoms with Crippen molar-refractivity contribution in [3.63, 3.8) is 0 Å². The predicted molar refractivity (Wildman–Crippen MR) is 120 cm³/mol. The zero-order chi connectivity index (χ0) is 22.3. The van der Waals surface area contributed by atoms with E-state index in [0.717, 1.165) is 13.1 Å². The number of hydrogen-bond acceptors (Lipinski definition) is 5. The van der Waals surface area contributed by atoms with Gasteiger partial charge in [0.2, 0.25) is 0 Å². The first-order valence-electron chi connectivity index (χ1n) is 10.6.